The van der Waals surface area contributed by atoms with Gasteiger partial charge in [0.1, 0.15) is 0 Å². The van der Waals surface area contributed by atoms with Crippen LogP contribution in [0, 0.1) is 0 Å². The van der Waals surface area contributed by atoms with Gasteiger partial charge in [0.15, 0.2) is 20.7 Å². The second kappa shape index (κ2) is 4.46. The van der Waals surface area contributed by atoms with Crippen LogP contribution in [0.1, 0.15) is 6.42 Å². The largest absolute Gasteiger partial charge is 0.381 e. The van der Waals surface area contributed by atoms with Crippen LogP contribution in [0.15, 0.2) is 11.4 Å². The van der Waals surface area contributed by atoms with Gasteiger partial charge in [-0.2, -0.15) is 4.31 Å². The van der Waals surface area contributed by atoms with Gasteiger partial charge < -0.3 is 10.3 Å². The normalized spacial score (nSPS) is 23.0. The van der Waals surface area contributed by atoms with Gasteiger partial charge in [-0.1, -0.05) is 0 Å². The molecule has 2 heterocycles. The zero-order valence-corrected chi connectivity index (χ0v) is 12.3. The lowest BCUT2D eigenvalue weighted by molar-refractivity contribution is 0.391. The van der Waals surface area contributed by atoms with E-state index < -0.39 is 25.9 Å². The predicted octanol–water partition coefficient (Wildman–Crippen LogP) is -1.19. The molecule has 19 heavy (non-hydrogen) atoms. The summed E-state index contributed by atoms with van der Waals surface area (Å²) in [6, 6.07) is -0.552. The Bertz CT molecular complexity index is 672. The van der Waals surface area contributed by atoms with E-state index in [0.29, 0.717) is 6.42 Å². The number of aryl methyl sites for hydroxylation is 1. The fourth-order valence-corrected chi connectivity index (χ4v) is 5.59. The Balaban J connectivity index is 2.36. The number of anilines is 1. The quantitative estimate of drug-likeness (QED) is 0.750. The fourth-order valence-electron chi connectivity index (χ4n) is 2.15. The van der Waals surface area contributed by atoms with Gasteiger partial charge in [-0.3, -0.25) is 0 Å². The van der Waals surface area contributed by atoms with Gasteiger partial charge in [0.05, 0.1) is 17.8 Å². The summed E-state index contributed by atoms with van der Waals surface area (Å²) in [6.45, 7) is 0. The van der Waals surface area contributed by atoms with Crippen molar-refractivity contribution in [2.45, 2.75) is 17.5 Å². The molecule has 1 atom stereocenters. The van der Waals surface area contributed by atoms with Gasteiger partial charge in [-0.15, -0.1) is 0 Å². The molecule has 10 heteroatoms. The number of nitrogens with two attached hydrogens (primary N) is 1. The van der Waals surface area contributed by atoms with E-state index in [1.165, 1.54) is 25.0 Å². The number of aromatic nitrogens is 2. The third-order valence-corrected chi connectivity index (χ3v) is 7.05. The maximum atomic E-state index is 12.4. The topological polar surface area (TPSA) is 115 Å². The summed E-state index contributed by atoms with van der Waals surface area (Å²) in [4.78, 5) is 3.74. The number of sulfone groups is 1. The van der Waals surface area contributed by atoms with Crippen LogP contribution in [0.5, 0.6) is 0 Å². The summed E-state index contributed by atoms with van der Waals surface area (Å²) in [5, 5.41) is -0.112. The lowest BCUT2D eigenvalue weighted by Gasteiger charge is -2.22. The SMILES string of the molecule is CN(C1CCS(=O)(=O)C1)S(=O)(=O)c1c(N)ncn1C. The summed E-state index contributed by atoms with van der Waals surface area (Å²) >= 11 is 0. The standard InChI is InChI=1S/C9H16N4O4S2/c1-12-6-11-8(10)9(12)19(16,17)13(2)7-3-4-18(14,15)5-7/h6-7H,3-5,10H2,1-2H3. The average molecular weight is 308 g/mol. The van der Waals surface area contributed by atoms with Crippen molar-refractivity contribution in [1.82, 2.24) is 13.9 Å². The Morgan fingerprint density at radius 1 is 1.53 bits per heavy atom. The Morgan fingerprint density at radius 3 is 2.58 bits per heavy atom. The third kappa shape index (κ3) is 2.47. The second-order valence-corrected chi connectivity index (χ2v) is 8.77. The second-order valence-electron chi connectivity index (χ2n) is 4.62. The van der Waals surface area contributed by atoms with Gasteiger partial charge in [0.2, 0.25) is 0 Å². The van der Waals surface area contributed by atoms with Crippen molar-refractivity contribution >= 4 is 25.7 Å². The lowest BCUT2D eigenvalue weighted by atomic mass is 10.3. The molecule has 0 bridgehead atoms. The predicted molar refractivity (Wildman–Crippen MR) is 69.6 cm³/mol. The maximum absolute atomic E-state index is 12.4. The first kappa shape index (κ1) is 14.3. The van der Waals surface area contributed by atoms with Gasteiger partial charge in [0, 0.05) is 20.1 Å². The van der Waals surface area contributed by atoms with Crippen molar-refractivity contribution in [2.75, 3.05) is 24.3 Å². The molecule has 1 fully saturated rings. The number of sulfonamides is 1. The van der Waals surface area contributed by atoms with Crippen LogP contribution in [0.3, 0.4) is 0 Å². The molecule has 108 valence electrons. The lowest BCUT2D eigenvalue weighted by Crippen LogP contribution is -2.38. The average Bonchev–Trinajstić information content (AvgIpc) is 2.81. The Labute approximate surface area is 112 Å². The first-order valence-electron chi connectivity index (χ1n) is 5.60. The van der Waals surface area contributed by atoms with E-state index in [4.69, 9.17) is 5.73 Å². The summed E-state index contributed by atoms with van der Waals surface area (Å²) in [5.41, 5.74) is 5.56. The smallest absolute Gasteiger partial charge is 0.262 e. The minimum absolute atomic E-state index is 0.0123. The minimum atomic E-state index is -3.85. The van der Waals surface area contributed by atoms with Crippen LogP contribution >= 0.6 is 0 Å². The van der Waals surface area contributed by atoms with Gasteiger partial charge in [-0.25, -0.2) is 21.8 Å². The molecule has 1 aliphatic heterocycles. The van der Waals surface area contributed by atoms with Gasteiger partial charge in [-0.05, 0) is 6.42 Å². The molecule has 0 saturated carbocycles. The first-order chi connectivity index (χ1) is 8.65. The Morgan fingerprint density at radius 2 is 2.16 bits per heavy atom. The highest BCUT2D eigenvalue weighted by Crippen LogP contribution is 2.25. The van der Waals surface area contributed by atoms with Crippen LogP contribution in [-0.4, -0.2) is 55.3 Å². The Hall–Kier alpha value is -1.13. The highest BCUT2D eigenvalue weighted by atomic mass is 32.2. The van der Waals surface area contributed by atoms with E-state index in [-0.39, 0.29) is 22.3 Å². The molecule has 2 rings (SSSR count). The highest BCUT2D eigenvalue weighted by Gasteiger charge is 2.38. The molecule has 0 aromatic carbocycles. The highest BCUT2D eigenvalue weighted by molar-refractivity contribution is 7.92. The number of hydrogen-bond donors (Lipinski definition) is 1. The van der Waals surface area contributed by atoms with Crippen LogP contribution in [0.4, 0.5) is 5.82 Å². The van der Waals surface area contributed by atoms with Gasteiger partial charge in [0.25, 0.3) is 10.0 Å². The monoisotopic (exact) mass is 308 g/mol. The minimum Gasteiger partial charge on any atom is -0.381 e. The van der Waals surface area contributed by atoms with Crippen LogP contribution in [0.25, 0.3) is 0 Å². The molecule has 0 aliphatic carbocycles. The van der Waals surface area contributed by atoms with Crippen molar-refractivity contribution in [2.24, 2.45) is 7.05 Å². The summed E-state index contributed by atoms with van der Waals surface area (Å²) in [5.74, 6) is -0.228. The van der Waals surface area contributed by atoms with E-state index in [9.17, 15) is 16.8 Å². The Kier molecular flexibility index (Phi) is 3.35. The number of imidazole rings is 1. The summed E-state index contributed by atoms with van der Waals surface area (Å²) in [7, 11) is -4.10. The molecule has 1 saturated heterocycles. The van der Waals surface area contributed by atoms with E-state index in [0.717, 1.165) is 4.31 Å². The first-order valence-corrected chi connectivity index (χ1v) is 8.86. The van der Waals surface area contributed by atoms with Gasteiger partial charge >= 0.3 is 0 Å². The van der Waals surface area contributed by atoms with Crippen molar-refractivity contribution in [3.63, 3.8) is 0 Å². The molecule has 1 aliphatic rings. The number of hydrogen-bond acceptors (Lipinski definition) is 6. The number of rotatable bonds is 3. The number of nitrogen functional groups attached to an aromatic ring is 1. The maximum Gasteiger partial charge on any atom is 0.262 e. The molecule has 0 radical (unpaired) electrons. The van der Waals surface area contributed by atoms with E-state index >= 15 is 0 Å². The van der Waals surface area contributed by atoms with Crippen molar-refractivity contribution in [1.29, 1.82) is 0 Å². The molecule has 8 nitrogen and oxygen atoms in total. The zero-order chi connectivity index (χ0) is 14.4. The van der Waals surface area contributed by atoms with Crippen LogP contribution < -0.4 is 5.73 Å². The van der Waals surface area contributed by atoms with E-state index in [1.807, 2.05) is 0 Å². The fraction of sp³-hybridized carbons (Fsp3) is 0.667. The molecule has 1 aromatic heterocycles. The molecular weight excluding hydrogens is 292 g/mol. The molecule has 0 spiro atoms. The number of nitrogens with zero attached hydrogens (tertiary/aromatic N) is 3. The molecule has 0 amide bonds. The third-order valence-electron chi connectivity index (χ3n) is 3.26. The zero-order valence-electron chi connectivity index (χ0n) is 10.6. The molecule has 1 unspecified atom stereocenters. The van der Waals surface area contributed by atoms with E-state index in [1.54, 1.807) is 0 Å². The van der Waals surface area contributed by atoms with Crippen molar-refractivity contribution < 1.29 is 16.8 Å². The molecule has 1 aromatic rings. The van der Waals surface area contributed by atoms with Crippen LogP contribution in [0.2, 0.25) is 0 Å². The summed E-state index contributed by atoms with van der Waals surface area (Å²) < 4.78 is 50.1. The van der Waals surface area contributed by atoms with Crippen molar-refractivity contribution in [3.8, 4) is 0 Å². The van der Waals surface area contributed by atoms with E-state index in [2.05, 4.69) is 4.98 Å². The molecular formula is C9H16N4O4S2. The summed E-state index contributed by atoms with van der Waals surface area (Å²) in [6.07, 6.45) is 1.61. The molecule has 2 N–H and O–H groups in total. The van der Waals surface area contributed by atoms with Crippen molar-refractivity contribution in [3.05, 3.63) is 6.33 Å². The van der Waals surface area contributed by atoms with Crippen LogP contribution in [-0.2, 0) is 26.9 Å².